The van der Waals surface area contributed by atoms with Gasteiger partial charge in [-0.2, -0.15) is 0 Å². The van der Waals surface area contributed by atoms with E-state index in [2.05, 4.69) is 46.8 Å². The van der Waals surface area contributed by atoms with Crippen molar-refractivity contribution in [3.8, 4) is 0 Å². The number of nitrogens with one attached hydrogen (secondary N) is 2. The van der Waals surface area contributed by atoms with Crippen LogP contribution in [-0.2, 0) is 11.2 Å². The molecule has 1 fully saturated rings. The molecular weight excluding hydrogens is 360 g/mol. The third kappa shape index (κ3) is 4.10. The zero-order chi connectivity index (χ0) is 17.8. The highest BCUT2D eigenvalue weighted by atomic mass is 32.2. The van der Waals surface area contributed by atoms with Gasteiger partial charge in [0.2, 0.25) is 5.91 Å². The lowest BCUT2D eigenvalue weighted by atomic mass is 10.1. The fraction of sp³-hybridized carbons (Fsp3) is 0.286. The number of amides is 1. The van der Waals surface area contributed by atoms with Gasteiger partial charge in [-0.15, -0.1) is 23.5 Å². The monoisotopic (exact) mass is 382 g/mol. The average Bonchev–Trinajstić information content (AvgIpc) is 3.32. The van der Waals surface area contributed by atoms with Gasteiger partial charge in [-0.05, 0) is 42.2 Å². The summed E-state index contributed by atoms with van der Waals surface area (Å²) in [6.07, 6.45) is 4.36. The van der Waals surface area contributed by atoms with Crippen LogP contribution in [0.15, 0.2) is 54.7 Å². The highest BCUT2D eigenvalue weighted by molar-refractivity contribution is 8.19. The van der Waals surface area contributed by atoms with E-state index in [0.29, 0.717) is 11.0 Å². The molecule has 1 aliphatic rings. The molecule has 134 valence electrons. The molecule has 1 aliphatic heterocycles. The molecule has 0 aliphatic carbocycles. The fourth-order valence-corrected chi connectivity index (χ4v) is 6.15. The van der Waals surface area contributed by atoms with Gasteiger partial charge in [0, 0.05) is 40.7 Å². The SMILES string of the molecule is O=C(CCCc1c[nH]c2ccccc12)Nc1cccc(C2SCCS2)c1. The van der Waals surface area contributed by atoms with Crippen molar-refractivity contribution in [2.75, 3.05) is 16.8 Å². The van der Waals surface area contributed by atoms with Crippen LogP contribution in [0.2, 0.25) is 0 Å². The second-order valence-corrected chi connectivity index (χ2v) is 9.18. The summed E-state index contributed by atoms with van der Waals surface area (Å²) in [4.78, 5) is 15.6. The van der Waals surface area contributed by atoms with E-state index in [1.165, 1.54) is 28.0 Å². The van der Waals surface area contributed by atoms with Crippen molar-refractivity contribution in [2.45, 2.75) is 23.8 Å². The number of benzene rings is 2. The summed E-state index contributed by atoms with van der Waals surface area (Å²) in [5.74, 6) is 2.51. The number of thioether (sulfide) groups is 2. The normalized spacial score (nSPS) is 14.8. The lowest BCUT2D eigenvalue weighted by molar-refractivity contribution is -0.116. The number of carbonyl (C=O) groups is 1. The highest BCUT2D eigenvalue weighted by Crippen LogP contribution is 2.45. The van der Waals surface area contributed by atoms with Crippen molar-refractivity contribution in [2.24, 2.45) is 0 Å². The van der Waals surface area contributed by atoms with Crippen molar-refractivity contribution in [1.29, 1.82) is 0 Å². The molecule has 0 unspecified atom stereocenters. The highest BCUT2D eigenvalue weighted by Gasteiger charge is 2.18. The van der Waals surface area contributed by atoms with Crippen molar-refractivity contribution < 1.29 is 4.79 Å². The number of hydrogen-bond acceptors (Lipinski definition) is 3. The molecule has 1 aromatic heterocycles. The molecule has 26 heavy (non-hydrogen) atoms. The van der Waals surface area contributed by atoms with E-state index in [1.807, 2.05) is 41.7 Å². The molecule has 4 rings (SSSR count). The maximum Gasteiger partial charge on any atom is 0.224 e. The van der Waals surface area contributed by atoms with Crippen LogP contribution in [-0.4, -0.2) is 22.4 Å². The third-order valence-electron chi connectivity index (χ3n) is 4.59. The summed E-state index contributed by atoms with van der Waals surface area (Å²) >= 11 is 3.97. The quantitative estimate of drug-likeness (QED) is 0.582. The van der Waals surface area contributed by atoms with Gasteiger partial charge in [0.05, 0.1) is 4.58 Å². The minimum atomic E-state index is 0.0914. The Kier molecular flexibility index (Phi) is 5.56. The Balaban J connectivity index is 1.31. The van der Waals surface area contributed by atoms with Gasteiger partial charge >= 0.3 is 0 Å². The summed E-state index contributed by atoms with van der Waals surface area (Å²) in [6, 6.07) is 16.6. The van der Waals surface area contributed by atoms with Gasteiger partial charge in [-0.25, -0.2) is 0 Å². The molecule has 1 amide bonds. The zero-order valence-corrected chi connectivity index (χ0v) is 16.2. The number of H-pyrrole nitrogens is 1. The number of rotatable bonds is 6. The van der Waals surface area contributed by atoms with Gasteiger partial charge < -0.3 is 10.3 Å². The molecule has 1 saturated heterocycles. The molecule has 2 N–H and O–H groups in total. The minimum Gasteiger partial charge on any atom is -0.361 e. The van der Waals surface area contributed by atoms with E-state index in [0.717, 1.165) is 24.0 Å². The number of anilines is 1. The van der Waals surface area contributed by atoms with Crippen LogP contribution in [0.4, 0.5) is 5.69 Å². The first-order chi connectivity index (χ1) is 12.8. The van der Waals surface area contributed by atoms with E-state index in [9.17, 15) is 4.79 Å². The summed E-state index contributed by atoms with van der Waals surface area (Å²) in [7, 11) is 0. The van der Waals surface area contributed by atoms with E-state index in [1.54, 1.807) is 0 Å². The largest absolute Gasteiger partial charge is 0.361 e. The Morgan fingerprint density at radius 2 is 1.96 bits per heavy atom. The number of para-hydroxylation sites is 1. The molecule has 3 aromatic rings. The predicted octanol–water partition coefficient (Wildman–Crippen LogP) is 5.61. The Morgan fingerprint density at radius 3 is 2.85 bits per heavy atom. The van der Waals surface area contributed by atoms with Crippen molar-refractivity contribution in [3.63, 3.8) is 0 Å². The Hall–Kier alpha value is -1.85. The van der Waals surface area contributed by atoms with Crippen molar-refractivity contribution >= 4 is 46.0 Å². The van der Waals surface area contributed by atoms with Gasteiger partial charge in [-0.1, -0.05) is 30.3 Å². The third-order valence-corrected chi connectivity index (χ3v) is 7.69. The first-order valence-corrected chi connectivity index (χ1v) is 11.1. The van der Waals surface area contributed by atoms with Gasteiger partial charge in [0.25, 0.3) is 0 Å². The lowest BCUT2D eigenvalue weighted by Gasteiger charge is -2.11. The maximum atomic E-state index is 12.3. The number of fused-ring (bicyclic) bond motifs is 1. The van der Waals surface area contributed by atoms with Crippen molar-refractivity contribution in [1.82, 2.24) is 4.98 Å². The standard InChI is InChI=1S/C21H22N2OS2/c24-20(10-4-6-16-14-22-19-9-2-1-8-18(16)19)23-17-7-3-5-15(13-17)21-25-11-12-26-21/h1-3,5,7-9,13-14,21-22H,4,6,10-12H2,(H,23,24). The van der Waals surface area contributed by atoms with E-state index in [-0.39, 0.29) is 5.91 Å². The number of aromatic amines is 1. The maximum absolute atomic E-state index is 12.3. The van der Waals surface area contributed by atoms with Crippen LogP contribution >= 0.6 is 23.5 Å². The zero-order valence-electron chi connectivity index (χ0n) is 14.5. The fourth-order valence-electron chi connectivity index (χ4n) is 3.32. The Bertz CT molecular complexity index is 900. The van der Waals surface area contributed by atoms with Crippen LogP contribution in [0.3, 0.4) is 0 Å². The van der Waals surface area contributed by atoms with Gasteiger partial charge in [0.1, 0.15) is 0 Å². The molecule has 0 atom stereocenters. The topological polar surface area (TPSA) is 44.9 Å². The number of aryl methyl sites for hydroxylation is 1. The summed E-state index contributed by atoms with van der Waals surface area (Å²) in [6.45, 7) is 0. The molecule has 3 nitrogen and oxygen atoms in total. The van der Waals surface area contributed by atoms with Crippen LogP contribution in [0.25, 0.3) is 10.9 Å². The predicted molar refractivity (Wildman–Crippen MR) is 114 cm³/mol. The summed E-state index contributed by atoms with van der Waals surface area (Å²) in [5.41, 5.74) is 4.65. The van der Waals surface area contributed by atoms with Crippen LogP contribution in [0.1, 0.15) is 28.6 Å². The lowest BCUT2D eigenvalue weighted by Crippen LogP contribution is -2.11. The smallest absolute Gasteiger partial charge is 0.224 e. The Morgan fingerprint density at radius 1 is 1.12 bits per heavy atom. The second kappa shape index (κ2) is 8.23. The number of carbonyl (C=O) groups excluding carboxylic acids is 1. The molecule has 5 heteroatoms. The molecule has 0 saturated carbocycles. The van der Waals surface area contributed by atoms with Crippen LogP contribution < -0.4 is 5.32 Å². The summed E-state index contributed by atoms with van der Waals surface area (Å²) in [5, 5.41) is 4.31. The Labute approximate surface area is 162 Å². The van der Waals surface area contributed by atoms with E-state index in [4.69, 9.17) is 0 Å². The van der Waals surface area contributed by atoms with Crippen LogP contribution in [0.5, 0.6) is 0 Å². The number of hydrogen-bond donors (Lipinski definition) is 2. The van der Waals surface area contributed by atoms with E-state index >= 15 is 0 Å². The average molecular weight is 383 g/mol. The molecular formula is C21H22N2OS2. The van der Waals surface area contributed by atoms with Gasteiger partial charge in [0.15, 0.2) is 0 Å². The molecule has 0 radical (unpaired) electrons. The van der Waals surface area contributed by atoms with Crippen LogP contribution in [0, 0.1) is 0 Å². The van der Waals surface area contributed by atoms with Crippen molar-refractivity contribution in [3.05, 3.63) is 65.9 Å². The first kappa shape index (κ1) is 17.6. The molecule has 2 aromatic carbocycles. The minimum absolute atomic E-state index is 0.0914. The molecule has 0 bridgehead atoms. The van der Waals surface area contributed by atoms with E-state index < -0.39 is 0 Å². The molecule has 0 spiro atoms. The number of aromatic nitrogens is 1. The summed E-state index contributed by atoms with van der Waals surface area (Å²) < 4.78 is 0.508. The van der Waals surface area contributed by atoms with Gasteiger partial charge in [-0.3, -0.25) is 4.79 Å². The first-order valence-electron chi connectivity index (χ1n) is 8.97. The molecule has 2 heterocycles. The second-order valence-electron chi connectivity index (χ2n) is 6.46.